The van der Waals surface area contributed by atoms with E-state index in [0.29, 0.717) is 23.5 Å². The monoisotopic (exact) mass is 379 g/mol. The van der Waals surface area contributed by atoms with Crippen LogP contribution in [-0.4, -0.2) is 49.6 Å². The second kappa shape index (κ2) is 10.1. The van der Waals surface area contributed by atoms with Gasteiger partial charge in [-0.25, -0.2) is 0 Å². The SMILES string of the molecule is CC.COc1ccc(C2CN(C(=O)CSC)CC2C)cc1OCC1CC1. The average molecular weight is 380 g/mol. The van der Waals surface area contributed by atoms with Crippen LogP contribution < -0.4 is 9.47 Å². The van der Waals surface area contributed by atoms with Gasteiger partial charge in [-0.2, -0.15) is 11.8 Å². The third kappa shape index (κ3) is 5.32. The predicted octanol–water partition coefficient (Wildman–Crippen LogP) is 4.44. The minimum atomic E-state index is 0.246. The molecular formula is C21H33NO3S. The summed E-state index contributed by atoms with van der Waals surface area (Å²) in [6, 6.07) is 6.23. The summed E-state index contributed by atoms with van der Waals surface area (Å²) in [6.07, 6.45) is 4.52. The van der Waals surface area contributed by atoms with Crippen LogP contribution in [-0.2, 0) is 4.79 Å². The molecule has 0 aromatic heterocycles. The van der Waals surface area contributed by atoms with Crippen LogP contribution in [0, 0.1) is 11.8 Å². The molecule has 1 saturated carbocycles. The maximum absolute atomic E-state index is 12.2. The quantitative estimate of drug-likeness (QED) is 0.702. The number of hydrogen-bond acceptors (Lipinski definition) is 4. The Kier molecular flexibility index (Phi) is 8.14. The summed E-state index contributed by atoms with van der Waals surface area (Å²) in [6.45, 7) is 8.65. The topological polar surface area (TPSA) is 38.8 Å². The van der Waals surface area contributed by atoms with E-state index < -0.39 is 0 Å². The van der Waals surface area contributed by atoms with E-state index in [9.17, 15) is 4.79 Å². The predicted molar refractivity (Wildman–Crippen MR) is 109 cm³/mol. The summed E-state index contributed by atoms with van der Waals surface area (Å²) in [5.74, 6) is 3.98. The van der Waals surface area contributed by atoms with Gasteiger partial charge in [-0.05, 0) is 48.6 Å². The number of carbonyl (C=O) groups is 1. The number of ether oxygens (including phenoxy) is 2. The third-order valence-electron chi connectivity index (χ3n) is 5.02. The van der Waals surface area contributed by atoms with E-state index in [2.05, 4.69) is 19.1 Å². The van der Waals surface area contributed by atoms with Gasteiger partial charge < -0.3 is 14.4 Å². The minimum absolute atomic E-state index is 0.246. The normalized spacial score (nSPS) is 21.8. The Hall–Kier alpha value is -1.36. The lowest BCUT2D eigenvalue weighted by Gasteiger charge is -2.18. The molecular weight excluding hydrogens is 346 g/mol. The van der Waals surface area contributed by atoms with Crippen LogP contribution in [0.1, 0.15) is 45.1 Å². The number of rotatable bonds is 7. The molecule has 1 saturated heterocycles. The van der Waals surface area contributed by atoms with E-state index in [-0.39, 0.29) is 5.91 Å². The van der Waals surface area contributed by atoms with Crippen LogP contribution in [0.3, 0.4) is 0 Å². The largest absolute Gasteiger partial charge is 0.493 e. The number of methoxy groups -OCH3 is 1. The van der Waals surface area contributed by atoms with Crippen molar-refractivity contribution in [1.29, 1.82) is 0 Å². The average Bonchev–Trinajstić information content (AvgIpc) is 3.41. The summed E-state index contributed by atoms with van der Waals surface area (Å²) in [5, 5.41) is 0. The van der Waals surface area contributed by atoms with Crippen molar-refractivity contribution in [2.45, 2.75) is 39.5 Å². The van der Waals surface area contributed by atoms with Crippen LogP contribution in [0.15, 0.2) is 18.2 Å². The fourth-order valence-corrected chi connectivity index (χ4v) is 3.78. The van der Waals surface area contributed by atoms with Crippen LogP contribution in [0.4, 0.5) is 0 Å². The van der Waals surface area contributed by atoms with Gasteiger partial charge in [-0.3, -0.25) is 4.79 Å². The fraction of sp³-hybridized carbons (Fsp3) is 0.667. The summed E-state index contributed by atoms with van der Waals surface area (Å²) in [5.41, 5.74) is 1.24. The Morgan fingerprint density at radius 3 is 2.58 bits per heavy atom. The van der Waals surface area contributed by atoms with E-state index >= 15 is 0 Å². The van der Waals surface area contributed by atoms with Crippen LogP contribution in [0.25, 0.3) is 0 Å². The Labute approximate surface area is 162 Å². The van der Waals surface area contributed by atoms with E-state index in [1.165, 1.54) is 18.4 Å². The molecule has 2 unspecified atom stereocenters. The minimum Gasteiger partial charge on any atom is -0.493 e. The maximum atomic E-state index is 12.2. The van der Waals surface area contributed by atoms with E-state index in [4.69, 9.17) is 9.47 Å². The number of hydrogen-bond donors (Lipinski definition) is 0. The van der Waals surface area contributed by atoms with Crippen molar-refractivity contribution in [3.63, 3.8) is 0 Å². The lowest BCUT2D eigenvalue weighted by atomic mass is 9.90. The highest BCUT2D eigenvalue weighted by molar-refractivity contribution is 7.99. The number of carbonyl (C=O) groups excluding carboxylic acids is 1. The Balaban J connectivity index is 0.00000117. The molecule has 1 aromatic rings. The van der Waals surface area contributed by atoms with Crippen molar-refractivity contribution < 1.29 is 14.3 Å². The Morgan fingerprint density at radius 2 is 1.96 bits per heavy atom. The van der Waals surface area contributed by atoms with Gasteiger partial charge in [0.05, 0.1) is 19.5 Å². The highest BCUT2D eigenvalue weighted by Crippen LogP contribution is 2.38. The first-order chi connectivity index (χ1) is 12.6. The zero-order valence-electron chi connectivity index (χ0n) is 16.8. The number of nitrogens with zero attached hydrogens (tertiary/aromatic N) is 1. The van der Waals surface area contributed by atoms with Gasteiger partial charge in [0.2, 0.25) is 5.91 Å². The van der Waals surface area contributed by atoms with Crippen LogP contribution >= 0.6 is 11.8 Å². The van der Waals surface area contributed by atoms with Crippen LogP contribution in [0.5, 0.6) is 11.5 Å². The number of likely N-dealkylation sites (tertiary alicyclic amines) is 1. The number of benzene rings is 1. The molecule has 26 heavy (non-hydrogen) atoms. The van der Waals surface area contributed by atoms with Gasteiger partial charge >= 0.3 is 0 Å². The van der Waals surface area contributed by atoms with Crippen molar-refractivity contribution in [1.82, 2.24) is 4.90 Å². The first-order valence-corrected chi connectivity index (χ1v) is 11.1. The second-order valence-corrected chi connectivity index (χ2v) is 7.85. The fourth-order valence-electron chi connectivity index (χ4n) is 3.35. The van der Waals surface area contributed by atoms with Gasteiger partial charge in [-0.1, -0.05) is 26.8 Å². The summed E-state index contributed by atoms with van der Waals surface area (Å²) < 4.78 is 11.4. The van der Waals surface area contributed by atoms with Gasteiger partial charge in [0, 0.05) is 19.0 Å². The molecule has 1 aromatic carbocycles. The van der Waals surface area contributed by atoms with Crippen molar-refractivity contribution >= 4 is 17.7 Å². The molecule has 1 aliphatic heterocycles. The Morgan fingerprint density at radius 1 is 1.23 bits per heavy atom. The van der Waals surface area contributed by atoms with Gasteiger partial charge in [0.25, 0.3) is 0 Å². The van der Waals surface area contributed by atoms with E-state index in [0.717, 1.165) is 31.2 Å². The molecule has 0 spiro atoms. The van der Waals surface area contributed by atoms with Crippen molar-refractivity contribution in [2.24, 2.45) is 11.8 Å². The lowest BCUT2D eigenvalue weighted by Crippen LogP contribution is -2.30. The first-order valence-electron chi connectivity index (χ1n) is 9.69. The Bertz CT molecular complexity index is 589. The smallest absolute Gasteiger partial charge is 0.232 e. The van der Waals surface area contributed by atoms with Gasteiger partial charge in [-0.15, -0.1) is 0 Å². The van der Waals surface area contributed by atoms with Crippen molar-refractivity contribution in [3.05, 3.63) is 23.8 Å². The first kappa shape index (κ1) is 20.9. The van der Waals surface area contributed by atoms with Crippen molar-refractivity contribution in [2.75, 3.05) is 38.8 Å². The summed E-state index contributed by atoms with van der Waals surface area (Å²) in [7, 11) is 1.68. The molecule has 1 aliphatic carbocycles. The molecule has 2 atom stereocenters. The molecule has 0 N–H and O–H groups in total. The summed E-state index contributed by atoms with van der Waals surface area (Å²) in [4.78, 5) is 14.2. The molecule has 0 radical (unpaired) electrons. The third-order valence-corrected chi connectivity index (χ3v) is 5.56. The zero-order chi connectivity index (χ0) is 19.1. The molecule has 2 fully saturated rings. The van der Waals surface area contributed by atoms with Crippen LogP contribution in [0.2, 0.25) is 0 Å². The molecule has 3 rings (SSSR count). The highest BCUT2D eigenvalue weighted by Gasteiger charge is 2.33. The van der Waals surface area contributed by atoms with Gasteiger partial charge in [0.15, 0.2) is 11.5 Å². The lowest BCUT2D eigenvalue weighted by molar-refractivity contribution is -0.127. The molecule has 0 bridgehead atoms. The second-order valence-electron chi connectivity index (χ2n) is 6.98. The standard InChI is InChI=1S/C19H27NO3S.C2H6/c1-13-9-20(19(21)12-24-3)10-16(13)15-6-7-17(22-2)18(8-15)23-11-14-4-5-14;1-2/h6-8,13-14,16H,4-5,9-12H2,1-3H3;1-2H3. The van der Waals surface area contributed by atoms with Gasteiger partial charge in [0.1, 0.15) is 0 Å². The molecule has 5 heteroatoms. The molecule has 2 aliphatic rings. The number of amides is 1. The zero-order valence-corrected chi connectivity index (χ0v) is 17.6. The van der Waals surface area contributed by atoms with Crippen molar-refractivity contribution in [3.8, 4) is 11.5 Å². The molecule has 1 heterocycles. The summed E-state index contributed by atoms with van der Waals surface area (Å²) >= 11 is 1.59. The highest BCUT2D eigenvalue weighted by atomic mass is 32.2. The maximum Gasteiger partial charge on any atom is 0.232 e. The number of thioether (sulfide) groups is 1. The molecule has 146 valence electrons. The van der Waals surface area contributed by atoms with E-state index in [1.807, 2.05) is 31.1 Å². The van der Waals surface area contributed by atoms with E-state index in [1.54, 1.807) is 18.9 Å². The molecule has 1 amide bonds. The molecule has 4 nitrogen and oxygen atoms in total.